The van der Waals surface area contributed by atoms with Gasteiger partial charge in [-0.05, 0) is 38.1 Å². The number of aryl methyl sites for hydroxylation is 1. The van der Waals surface area contributed by atoms with Gasteiger partial charge in [0.25, 0.3) is 5.56 Å². The van der Waals surface area contributed by atoms with E-state index in [0.29, 0.717) is 12.4 Å². The Morgan fingerprint density at radius 2 is 1.69 bits per heavy atom. The molecule has 1 aliphatic rings. The molecule has 0 bridgehead atoms. The third-order valence-electron chi connectivity index (χ3n) is 6.27. The largest absolute Gasteiger partial charge is 0.369 e. The van der Waals surface area contributed by atoms with E-state index >= 15 is 0 Å². The minimum atomic E-state index is -0.583. The molecule has 1 aliphatic heterocycles. The Morgan fingerprint density at radius 3 is 2.28 bits per heavy atom. The molecule has 1 aromatic carbocycles. The van der Waals surface area contributed by atoms with Gasteiger partial charge in [0.1, 0.15) is 11.6 Å². The smallest absolute Gasteiger partial charge is 0.332 e. The number of carbonyl (C=O) groups is 1. The van der Waals surface area contributed by atoms with Gasteiger partial charge in [0.05, 0.1) is 12.6 Å². The lowest BCUT2D eigenvalue weighted by molar-refractivity contribution is -0.119. The first-order valence-corrected chi connectivity index (χ1v) is 10.6. The maximum Gasteiger partial charge on any atom is 0.332 e. The van der Waals surface area contributed by atoms with Crippen LogP contribution in [0.1, 0.15) is 25.7 Å². The number of carbonyl (C=O) groups excluding carboxylic acids is 1. The third kappa shape index (κ3) is 3.75. The molecule has 3 aromatic rings. The van der Waals surface area contributed by atoms with E-state index in [-0.39, 0.29) is 22.8 Å². The standard InChI is InChI=1S/C22H27FN6O3/c1-14(15(2)30)29-18(24-20-19(29)21(31)26(4)22(32)25(20)3)13-27-9-11-28(12-10-27)17-7-5-16(23)6-8-17/h5-8,14H,9-13H2,1-4H3/t14-/m1/s1. The number of Topliss-reactive ketones (excluding diaryl/α,β-unsaturated/α-hetero) is 1. The Hall–Kier alpha value is -3.27. The molecular formula is C22H27FN6O3. The molecule has 3 heterocycles. The summed E-state index contributed by atoms with van der Waals surface area (Å²) < 4.78 is 17.3. The Labute approximate surface area is 184 Å². The minimum Gasteiger partial charge on any atom is -0.369 e. The molecule has 0 spiro atoms. The third-order valence-corrected chi connectivity index (χ3v) is 6.27. The van der Waals surface area contributed by atoms with Crippen LogP contribution in [0.15, 0.2) is 33.9 Å². The quantitative estimate of drug-likeness (QED) is 0.587. The first-order valence-electron chi connectivity index (χ1n) is 10.6. The molecule has 0 saturated carbocycles. The van der Waals surface area contributed by atoms with Crippen molar-refractivity contribution in [3.05, 3.63) is 56.7 Å². The molecule has 0 amide bonds. The predicted octanol–water partition coefficient (Wildman–Crippen LogP) is 1.05. The fourth-order valence-corrected chi connectivity index (χ4v) is 4.19. The van der Waals surface area contributed by atoms with E-state index in [1.54, 1.807) is 30.7 Å². The first kappa shape index (κ1) is 21.9. The number of halogens is 1. The van der Waals surface area contributed by atoms with Crippen LogP contribution in [0.25, 0.3) is 11.2 Å². The van der Waals surface area contributed by atoms with Gasteiger partial charge in [0, 0.05) is 46.0 Å². The Balaban J connectivity index is 1.65. The van der Waals surface area contributed by atoms with Crippen LogP contribution >= 0.6 is 0 Å². The maximum atomic E-state index is 13.2. The lowest BCUT2D eigenvalue weighted by Crippen LogP contribution is -2.46. The van der Waals surface area contributed by atoms with E-state index < -0.39 is 17.3 Å². The highest BCUT2D eigenvalue weighted by atomic mass is 19.1. The summed E-state index contributed by atoms with van der Waals surface area (Å²) in [5.74, 6) is 0.227. The van der Waals surface area contributed by atoms with E-state index in [4.69, 9.17) is 0 Å². The highest BCUT2D eigenvalue weighted by Crippen LogP contribution is 2.22. The molecule has 170 valence electrons. The summed E-state index contributed by atoms with van der Waals surface area (Å²) in [6, 6.07) is 5.88. The lowest BCUT2D eigenvalue weighted by atomic mass is 10.2. The molecule has 0 radical (unpaired) electrons. The summed E-state index contributed by atoms with van der Waals surface area (Å²) in [4.78, 5) is 46.5. The zero-order chi connectivity index (χ0) is 23.2. The van der Waals surface area contributed by atoms with E-state index in [9.17, 15) is 18.8 Å². The predicted molar refractivity (Wildman–Crippen MR) is 119 cm³/mol. The maximum absolute atomic E-state index is 13.2. The van der Waals surface area contributed by atoms with Gasteiger partial charge in [0.15, 0.2) is 16.9 Å². The zero-order valence-electron chi connectivity index (χ0n) is 18.7. The number of hydrogen-bond donors (Lipinski definition) is 0. The van der Waals surface area contributed by atoms with Crippen molar-refractivity contribution >= 4 is 22.6 Å². The molecule has 1 saturated heterocycles. The van der Waals surface area contributed by atoms with Crippen LogP contribution in [0.5, 0.6) is 0 Å². The fourth-order valence-electron chi connectivity index (χ4n) is 4.19. The molecule has 1 fully saturated rings. The second kappa shape index (κ2) is 8.34. The van der Waals surface area contributed by atoms with Gasteiger partial charge >= 0.3 is 5.69 Å². The van der Waals surface area contributed by atoms with Crippen molar-refractivity contribution in [2.24, 2.45) is 14.1 Å². The first-order chi connectivity index (χ1) is 15.2. The van der Waals surface area contributed by atoms with E-state index in [2.05, 4.69) is 14.8 Å². The molecule has 0 aliphatic carbocycles. The Morgan fingerprint density at radius 1 is 1.06 bits per heavy atom. The van der Waals surface area contributed by atoms with Gasteiger partial charge in [-0.25, -0.2) is 14.2 Å². The van der Waals surface area contributed by atoms with Crippen LogP contribution in [-0.2, 0) is 25.4 Å². The van der Waals surface area contributed by atoms with Crippen molar-refractivity contribution in [2.75, 3.05) is 31.1 Å². The van der Waals surface area contributed by atoms with Crippen LogP contribution in [0, 0.1) is 5.82 Å². The second-order valence-corrected chi connectivity index (χ2v) is 8.30. The number of hydrogen-bond acceptors (Lipinski definition) is 6. The second-order valence-electron chi connectivity index (χ2n) is 8.30. The highest BCUT2D eigenvalue weighted by Gasteiger charge is 2.26. The van der Waals surface area contributed by atoms with Crippen LogP contribution in [0.3, 0.4) is 0 Å². The van der Waals surface area contributed by atoms with Crippen molar-refractivity contribution in [1.82, 2.24) is 23.6 Å². The van der Waals surface area contributed by atoms with E-state index in [0.717, 1.165) is 36.4 Å². The molecule has 4 rings (SSSR count). The summed E-state index contributed by atoms with van der Waals surface area (Å²) in [6.07, 6.45) is 0. The average Bonchev–Trinajstić information content (AvgIpc) is 3.15. The molecule has 9 nitrogen and oxygen atoms in total. The zero-order valence-corrected chi connectivity index (χ0v) is 18.7. The summed E-state index contributed by atoms with van der Waals surface area (Å²) in [7, 11) is 3.00. The van der Waals surface area contributed by atoms with Gasteiger partial charge < -0.3 is 9.47 Å². The average molecular weight is 442 g/mol. The fraction of sp³-hybridized carbons (Fsp3) is 0.455. The van der Waals surface area contributed by atoms with Gasteiger partial charge in [-0.15, -0.1) is 0 Å². The van der Waals surface area contributed by atoms with Crippen molar-refractivity contribution in [1.29, 1.82) is 0 Å². The lowest BCUT2D eigenvalue weighted by Gasteiger charge is -2.36. The molecule has 0 unspecified atom stereocenters. The van der Waals surface area contributed by atoms with Crippen molar-refractivity contribution in [3.8, 4) is 0 Å². The number of benzene rings is 1. The van der Waals surface area contributed by atoms with Crippen molar-refractivity contribution < 1.29 is 9.18 Å². The number of imidazole rings is 1. The normalized spacial score (nSPS) is 16.0. The minimum absolute atomic E-state index is 0.0948. The summed E-state index contributed by atoms with van der Waals surface area (Å²) in [5, 5.41) is 0. The van der Waals surface area contributed by atoms with E-state index in [1.165, 1.54) is 30.7 Å². The summed E-state index contributed by atoms with van der Waals surface area (Å²) in [6.45, 7) is 6.67. The van der Waals surface area contributed by atoms with Crippen LogP contribution < -0.4 is 16.1 Å². The van der Waals surface area contributed by atoms with Crippen molar-refractivity contribution in [2.45, 2.75) is 26.4 Å². The highest BCUT2D eigenvalue weighted by molar-refractivity contribution is 5.82. The van der Waals surface area contributed by atoms with Crippen LogP contribution in [0.4, 0.5) is 10.1 Å². The van der Waals surface area contributed by atoms with Crippen LogP contribution in [0.2, 0.25) is 0 Å². The molecule has 1 atom stereocenters. The number of ketones is 1. The Kier molecular flexibility index (Phi) is 5.72. The molecule has 2 aromatic heterocycles. The SMILES string of the molecule is CC(=O)[C@@H](C)n1c(CN2CCN(c3ccc(F)cc3)CC2)nc2c1c(=O)n(C)c(=O)n2C. The monoisotopic (exact) mass is 442 g/mol. The van der Waals surface area contributed by atoms with Gasteiger partial charge in [-0.1, -0.05) is 0 Å². The number of piperazine rings is 1. The van der Waals surface area contributed by atoms with E-state index in [1.807, 2.05) is 0 Å². The number of anilines is 1. The summed E-state index contributed by atoms with van der Waals surface area (Å²) >= 11 is 0. The van der Waals surface area contributed by atoms with Gasteiger partial charge in [-0.3, -0.25) is 23.6 Å². The number of fused-ring (bicyclic) bond motifs is 1. The molecule has 0 N–H and O–H groups in total. The summed E-state index contributed by atoms with van der Waals surface area (Å²) in [5.41, 5.74) is 0.601. The number of nitrogens with zero attached hydrogens (tertiary/aromatic N) is 6. The van der Waals surface area contributed by atoms with Gasteiger partial charge in [0.2, 0.25) is 0 Å². The Bertz CT molecular complexity index is 1280. The molecule has 10 heteroatoms. The topological polar surface area (TPSA) is 85.4 Å². The molecular weight excluding hydrogens is 415 g/mol. The number of rotatable bonds is 5. The van der Waals surface area contributed by atoms with Gasteiger partial charge in [-0.2, -0.15) is 0 Å². The molecule has 32 heavy (non-hydrogen) atoms. The van der Waals surface area contributed by atoms with Crippen molar-refractivity contribution in [3.63, 3.8) is 0 Å². The number of aromatic nitrogens is 4. The van der Waals surface area contributed by atoms with Crippen LogP contribution in [-0.4, -0.2) is 55.5 Å².